The van der Waals surface area contributed by atoms with Crippen LogP contribution in [0.3, 0.4) is 0 Å². The number of hydrogen-bond acceptors (Lipinski definition) is 5. The molecule has 152 valence electrons. The van der Waals surface area contributed by atoms with Gasteiger partial charge in [0.25, 0.3) is 5.97 Å². The number of carbonyl (C=O) groups is 1. The van der Waals surface area contributed by atoms with Crippen LogP contribution in [0.5, 0.6) is 0 Å². The summed E-state index contributed by atoms with van der Waals surface area (Å²) in [5.41, 5.74) is 5.14. The van der Waals surface area contributed by atoms with Gasteiger partial charge >= 0.3 is 0 Å². The van der Waals surface area contributed by atoms with Gasteiger partial charge in [-0.3, -0.25) is 14.3 Å². The maximum atomic E-state index is 9.00. The van der Waals surface area contributed by atoms with Gasteiger partial charge in [-0.2, -0.15) is 0 Å². The third-order valence-electron chi connectivity index (χ3n) is 4.70. The fraction of sp³-hybridized carbons (Fsp3) is 0.182. The fourth-order valence-corrected chi connectivity index (χ4v) is 3.57. The van der Waals surface area contributed by atoms with E-state index in [9.17, 15) is 0 Å². The molecule has 0 fully saturated rings. The summed E-state index contributed by atoms with van der Waals surface area (Å²) in [6, 6.07) is 11.9. The first-order chi connectivity index (χ1) is 14.5. The fourth-order valence-electron chi connectivity index (χ4n) is 3.39. The molecule has 0 radical (unpaired) electrons. The first kappa shape index (κ1) is 20.0. The van der Waals surface area contributed by atoms with Gasteiger partial charge in [0.1, 0.15) is 5.69 Å². The van der Waals surface area contributed by atoms with Crippen molar-refractivity contribution in [3.63, 3.8) is 0 Å². The van der Waals surface area contributed by atoms with Crippen LogP contribution >= 0.6 is 11.6 Å². The van der Waals surface area contributed by atoms with Crippen molar-refractivity contribution in [1.82, 2.24) is 24.8 Å². The van der Waals surface area contributed by atoms with Gasteiger partial charge in [-0.15, -0.1) is 0 Å². The van der Waals surface area contributed by atoms with Crippen LogP contribution in [0.2, 0.25) is 5.02 Å². The quantitative estimate of drug-likeness (QED) is 0.510. The first-order valence-electron chi connectivity index (χ1n) is 9.50. The van der Waals surface area contributed by atoms with Gasteiger partial charge in [-0.05, 0) is 35.9 Å². The van der Waals surface area contributed by atoms with Gasteiger partial charge in [-0.1, -0.05) is 17.7 Å². The highest BCUT2D eigenvalue weighted by Crippen LogP contribution is 2.25. The normalized spacial score (nSPS) is 12.7. The third kappa shape index (κ3) is 4.32. The standard InChI is InChI=1S/C20H16ClN5.C2H4O2/c21-15-2-4-18-13(9-15)1-3-19(25-18)20-23-7-8-26(20)16-10-14-11-22-6-5-17(14)24-12-16;1-2(3)4/h1-4,7-10,12,22H,5-6,11H2;1H3,(H,3,4). The van der Waals surface area contributed by atoms with Crippen molar-refractivity contribution in [2.24, 2.45) is 0 Å². The van der Waals surface area contributed by atoms with E-state index in [1.165, 1.54) is 11.3 Å². The number of fused-ring (bicyclic) bond motifs is 2. The van der Waals surface area contributed by atoms with Crippen molar-refractivity contribution >= 4 is 28.5 Å². The topological polar surface area (TPSA) is 92.9 Å². The minimum absolute atomic E-state index is 0.710. The molecule has 30 heavy (non-hydrogen) atoms. The molecule has 0 spiro atoms. The minimum atomic E-state index is -0.833. The summed E-state index contributed by atoms with van der Waals surface area (Å²) < 4.78 is 2.03. The zero-order valence-corrected chi connectivity index (χ0v) is 17.1. The lowest BCUT2D eigenvalue weighted by molar-refractivity contribution is -0.134. The zero-order chi connectivity index (χ0) is 21.1. The summed E-state index contributed by atoms with van der Waals surface area (Å²) in [7, 11) is 0. The van der Waals surface area contributed by atoms with Crippen LogP contribution in [-0.2, 0) is 17.8 Å². The second-order valence-corrected chi connectivity index (χ2v) is 7.34. The summed E-state index contributed by atoms with van der Waals surface area (Å²) >= 11 is 6.06. The van der Waals surface area contributed by atoms with Gasteiger partial charge in [0.05, 0.1) is 17.4 Å². The Hall–Kier alpha value is -3.29. The number of aliphatic carboxylic acids is 1. The number of hydrogen-bond donors (Lipinski definition) is 2. The smallest absolute Gasteiger partial charge is 0.300 e. The Balaban J connectivity index is 0.000000503. The summed E-state index contributed by atoms with van der Waals surface area (Å²) in [6.45, 7) is 2.93. The molecule has 0 amide bonds. The van der Waals surface area contributed by atoms with E-state index < -0.39 is 5.97 Å². The van der Waals surface area contributed by atoms with Crippen molar-refractivity contribution in [2.75, 3.05) is 6.54 Å². The second-order valence-electron chi connectivity index (χ2n) is 6.90. The van der Waals surface area contributed by atoms with Gasteiger partial charge in [0, 0.05) is 54.9 Å². The molecule has 7 nitrogen and oxygen atoms in total. The van der Waals surface area contributed by atoms with Crippen LogP contribution in [0.25, 0.3) is 28.1 Å². The second kappa shape index (κ2) is 8.61. The molecule has 0 saturated carbocycles. The average Bonchev–Trinajstić information content (AvgIpc) is 3.22. The molecule has 3 aromatic heterocycles. The van der Waals surface area contributed by atoms with Crippen LogP contribution in [0.4, 0.5) is 0 Å². The molecule has 0 bridgehead atoms. The lowest BCUT2D eigenvalue weighted by Crippen LogP contribution is -2.24. The summed E-state index contributed by atoms with van der Waals surface area (Å²) in [6.07, 6.45) is 6.63. The molecule has 0 unspecified atom stereocenters. The van der Waals surface area contributed by atoms with E-state index in [-0.39, 0.29) is 0 Å². The Bertz CT molecular complexity index is 1220. The highest BCUT2D eigenvalue weighted by molar-refractivity contribution is 6.31. The van der Waals surface area contributed by atoms with E-state index in [2.05, 4.69) is 21.4 Å². The Kier molecular flexibility index (Phi) is 5.74. The highest BCUT2D eigenvalue weighted by atomic mass is 35.5. The maximum Gasteiger partial charge on any atom is 0.300 e. The van der Waals surface area contributed by atoms with E-state index in [0.717, 1.165) is 54.5 Å². The number of carboxylic acids is 1. The number of carboxylic acid groups (broad SMARTS) is 1. The molecular weight excluding hydrogens is 402 g/mol. The molecule has 0 aliphatic carbocycles. The van der Waals surface area contributed by atoms with Crippen molar-refractivity contribution in [3.05, 3.63) is 71.3 Å². The predicted octanol–water partition coefficient (Wildman–Crippen LogP) is 3.87. The Labute approximate surface area is 178 Å². The van der Waals surface area contributed by atoms with Gasteiger partial charge in [0.2, 0.25) is 0 Å². The monoisotopic (exact) mass is 421 g/mol. The summed E-state index contributed by atoms with van der Waals surface area (Å²) in [5.74, 6) is -0.0348. The Morgan fingerprint density at radius 2 is 2.03 bits per heavy atom. The van der Waals surface area contributed by atoms with Crippen molar-refractivity contribution in [1.29, 1.82) is 0 Å². The molecule has 4 aromatic rings. The lowest BCUT2D eigenvalue weighted by Gasteiger charge is -2.17. The number of nitrogens with zero attached hydrogens (tertiary/aromatic N) is 4. The zero-order valence-electron chi connectivity index (χ0n) is 16.3. The number of rotatable bonds is 2. The summed E-state index contributed by atoms with van der Waals surface area (Å²) in [5, 5.41) is 12.5. The van der Waals surface area contributed by atoms with Crippen LogP contribution in [0, 0.1) is 0 Å². The molecule has 4 heterocycles. The van der Waals surface area contributed by atoms with Crippen molar-refractivity contribution < 1.29 is 9.90 Å². The van der Waals surface area contributed by atoms with Crippen LogP contribution < -0.4 is 5.32 Å². The number of aromatic nitrogens is 4. The van der Waals surface area contributed by atoms with Crippen LogP contribution in [-0.4, -0.2) is 37.1 Å². The molecule has 1 aliphatic heterocycles. The van der Waals surface area contributed by atoms with Crippen LogP contribution in [0.15, 0.2) is 55.0 Å². The SMILES string of the molecule is CC(=O)O.Clc1ccc2nc(-c3nccn3-c3cnc4c(c3)CNCC4)ccc2c1. The molecule has 8 heteroatoms. The molecule has 0 atom stereocenters. The Morgan fingerprint density at radius 1 is 1.20 bits per heavy atom. The van der Waals surface area contributed by atoms with Crippen molar-refractivity contribution in [3.8, 4) is 17.2 Å². The van der Waals surface area contributed by atoms with E-state index in [1.54, 1.807) is 6.20 Å². The summed E-state index contributed by atoms with van der Waals surface area (Å²) in [4.78, 5) is 22.9. The first-order valence-corrected chi connectivity index (χ1v) is 9.87. The number of pyridine rings is 2. The predicted molar refractivity (Wildman–Crippen MR) is 116 cm³/mol. The minimum Gasteiger partial charge on any atom is -0.481 e. The van der Waals surface area contributed by atoms with Crippen LogP contribution in [0.1, 0.15) is 18.2 Å². The van der Waals surface area contributed by atoms with E-state index >= 15 is 0 Å². The van der Waals surface area contributed by atoms with Gasteiger partial charge < -0.3 is 10.4 Å². The molecule has 5 rings (SSSR count). The molecule has 0 saturated heterocycles. The maximum absolute atomic E-state index is 9.00. The average molecular weight is 422 g/mol. The van der Waals surface area contributed by atoms with Gasteiger partial charge in [-0.25, -0.2) is 9.97 Å². The van der Waals surface area contributed by atoms with Crippen molar-refractivity contribution in [2.45, 2.75) is 19.9 Å². The number of imidazole rings is 1. The third-order valence-corrected chi connectivity index (χ3v) is 4.93. The highest BCUT2D eigenvalue weighted by Gasteiger charge is 2.14. The lowest BCUT2D eigenvalue weighted by atomic mass is 10.1. The van der Waals surface area contributed by atoms with E-state index in [1.807, 2.05) is 47.3 Å². The Morgan fingerprint density at radius 3 is 2.87 bits per heavy atom. The molecule has 1 aliphatic rings. The number of nitrogens with one attached hydrogen (secondary N) is 1. The molecule has 2 N–H and O–H groups in total. The largest absolute Gasteiger partial charge is 0.481 e. The van der Waals surface area contributed by atoms with Gasteiger partial charge in [0.15, 0.2) is 5.82 Å². The molecular formula is C22H20ClN5O2. The number of halogens is 1. The number of benzene rings is 1. The van der Waals surface area contributed by atoms with E-state index in [4.69, 9.17) is 26.5 Å². The van der Waals surface area contributed by atoms with E-state index in [0.29, 0.717) is 5.02 Å². The molecule has 1 aromatic carbocycles.